The first-order valence-corrected chi connectivity index (χ1v) is 7.29. The van der Waals surface area contributed by atoms with Gasteiger partial charge in [0.05, 0.1) is 12.1 Å². The van der Waals surface area contributed by atoms with E-state index in [0.717, 1.165) is 13.0 Å². The summed E-state index contributed by atoms with van der Waals surface area (Å²) in [7, 11) is 1.81. The molecule has 2 unspecified atom stereocenters. The second-order valence-corrected chi connectivity index (χ2v) is 5.98. The zero-order chi connectivity index (χ0) is 12.8. The second-order valence-electron chi connectivity index (χ2n) is 4.87. The summed E-state index contributed by atoms with van der Waals surface area (Å²) in [6.45, 7) is 9.82. The molecule has 0 fully saturated rings. The Morgan fingerprint density at radius 2 is 2.12 bits per heavy atom. The number of hydrogen-bond donors (Lipinski definition) is 1. The third-order valence-corrected chi connectivity index (χ3v) is 3.86. The lowest BCUT2D eigenvalue weighted by molar-refractivity contribution is 0.0328. The van der Waals surface area contributed by atoms with Gasteiger partial charge in [0.1, 0.15) is 0 Å². The Hall–Kier alpha value is -0.380. The lowest BCUT2D eigenvalue weighted by Crippen LogP contribution is -2.36. The van der Waals surface area contributed by atoms with Gasteiger partial charge in [0.15, 0.2) is 0 Å². The van der Waals surface area contributed by atoms with Crippen LogP contribution in [0, 0.1) is 12.8 Å². The van der Waals surface area contributed by atoms with Crippen LogP contribution in [-0.4, -0.2) is 19.8 Å². The maximum atomic E-state index is 5.68. The quantitative estimate of drug-likeness (QED) is 0.801. The van der Waals surface area contributed by atoms with Crippen molar-refractivity contribution >= 4 is 11.3 Å². The highest BCUT2D eigenvalue weighted by Crippen LogP contribution is 2.27. The molecule has 1 aromatic heterocycles. The van der Waals surface area contributed by atoms with E-state index in [2.05, 4.69) is 44.5 Å². The molecule has 0 aliphatic carbocycles. The molecule has 0 spiro atoms. The van der Waals surface area contributed by atoms with E-state index in [9.17, 15) is 0 Å². The third kappa shape index (κ3) is 4.09. The van der Waals surface area contributed by atoms with E-state index in [0.29, 0.717) is 12.0 Å². The average Bonchev–Trinajstić information content (AvgIpc) is 2.70. The van der Waals surface area contributed by atoms with Gasteiger partial charge in [-0.25, -0.2) is 0 Å². The summed E-state index contributed by atoms with van der Waals surface area (Å²) >= 11 is 1.81. The van der Waals surface area contributed by atoms with Crippen LogP contribution in [-0.2, 0) is 4.74 Å². The maximum absolute atomic E-state index is 5.68. The maximum Gasteiger partial charge on any atom is 0.0789 e. The van der Waals surface area contributed by atoms with E-state index in [1.807, 2.05) is 18.4 Å². The van der Waals surface area contributed by atoms with Crippen LogP contribution in [0.2, 0.25) is 0 Å². The van der Waals surface area contributed by atoms with Crippen molar-refractivity contribution in [3.05, 3.63) is 21.9 Å². The van der Waals surface area contributed by atoms with Crippen LogP contribution in [0.15, 0.2) is 11.4 Å². The molecule has 0 aliphatic rings. The fraction of sp³-hybridized carbons (Fsp3) is 0.714. The van der Waals surface area contributed by atoms with Crippen LogP contribution in [0.5, 0.6) is 0 Å². The fourth-order valence-corrected chi connectivity index (χ4v) is 2.88. The van der Waals surface area contributed by atoms with Gasteiger partial charge in [0.25, 0.3) is 0 Å². The molecule has 0 aliphatic heterocycles. The number of thiophene rings is 1. The first kappa shape index (κ1) is 14.7. The Balaban J connectivity index is 2.85. The first-order chi connectivity index (χ1) is 8.10. The van der Waals surface area contributed by atoms with Crippen molar-refractivity contribution in [2.24, 2.45) is 5.92 Å². The molecule has 0 saturated heterocycles. The van der Waals surface area contributed by atoms with Crippen LogP contribution in [0.1, 0.15) is 43.7 Å². The highest BCUT2D eigenvalue weighted by molar-refractivity contribution is 7.10. The molecule has 98 valence electrons. The van der Waals surface area contributed by atoms with Gasteiger partial charge in [-0.3, -0.25) is 0 Å². The van der Waals surface area contributed by atoms with Crippen molar-refractivity contribution in [2.45, 2.75) is 46.3 Å². The molecule has 1 heterocycles. The van der Waals surface area contributed by atoms with E-state index in [1.165, 1.54) is 10.4 Å². The summed E-state index contributed by atoms with van der Waals surface area (Å²) in [6.07, 6.45) is 1.38. The first-order valence-electron chi connectivity index (χ1n) is 6.41. The smallest absolute Gasteiger partial charge is 0.0789 e. The minimum absolute atomic E-state index is 0.232. The van der Waals surface area contributed by atoms with Crippen LogP contribution in [0.25, 0.3) is 0 Å². The van der Waals surface area contributed by atoms with Gasteiger partial charge in [-0.1, -0.05) is 20.8 Å². The molecule has 2 atom stereocenters. The van der Waals surface area contributed by atoms with Crippen molar-refractivity contribution in [1.29, 1.82) is 0 Å². The summed E-state index contributed by atoms with van der Waals surface area (Å²) in [4.78, 5) is 1.36. The molecule has 1 rings (SSSR count). The normalized spacial score (nSPS) is 15.2. The molecular weight excluding hydrogens is 230 g/mol. The Morgan fingerprint density at radius 3 is 2.53 bits per heavy atom. The molecule has 0 saturated carbocycles. The molecule has 17 heavy (non-hydrogen) atoms. The van der Waals surface area contributed by atoms with E-state index >= 15 is 0 Å². The number of methoxy groups -OCH3 is 1. The van der Waals surface area contributed by atoms with Crippen molar-refractivity contribution in [2.75, 3.05) is 13.7 Å². The summed E-state index contributed by atoms with van der Waals surface area (Å²) in [5.74, 6) is 0.509. The van der Waals surface area contributed by atoms with E-state index in [4.69, 9.17) is 4.74 Å². The highest BCUT2D eigenvalue weighted by Gasteiger charge is 2.25. The SMILES string of the molecule is CCCNC(c1csc(C)c1)C(OC)C(C)C. The Labute approximate surface area is 109 Å². The van der Waals surface area contributed by atoms with Gasteiger partial charge in [-0.05, 0) is 42.8 Å². The molecule has 1 aromatic rings. The molecule has 0 amide bonds. The lowest BCUT2D eigenvalue weighted by atomic mass is 9.95. The summed E-state index contributed by atoms with van der Waals surface area (Å²) in [5, 5.41) is 5.86. The third-order valence-electron chi connectivity index (χ3n) is 2.98. The predicted octanol–water partition coefficient (Wildman–Crippen LogP) is 3.77. The molecule has 1 N–H and O–H groups in total. The van der Waals surface area contributed by atoms with E-state index < -0.39 is 0 Å². The average molecular weight is 255 g/mol. The number of aryl methyl sites for hydroxylation is 1. The van der Waals surface area contributed by atoms with Crippen molar-refractivity contribution in [3.63, 3.8) is 0 Å². The van der Waals surface area contributed by atoms with Gasteiger partial charge >= 0.3 is 0 Å². The largest absolute Gasteiger partial charge is 0.379 e. The van der Waals surface area contributed by atoms with E-state index in [1.54, 1.807) is 0 Å². The number of ether oxygens (including phenoxy) is 1. The van der Waals surface area contributed by atoms with Crippen LogP contribution in [0.3, 0.4) is 0 Å². The standard InChI is InChI=1S/C14H25NOS/c1-6-7-15-13(14(16-5)10(2)3)12-8-11(4)17-9-12/h8-10,13-15H,6-7H2,1-5H3. The molecule has 0 aromatic carbocycles. The summed E-state index contributed by atoms with van der Waals surface area (Å²) < 4.78 is 5.68. The van der Waals surface area contributed by atoms with Gasteiger partial charge in [-0.15, -0.1) is 11.3 Å². The zero-order valence-corrected chi connectivity index (χ0v) is 12.4. The topological polar surface area (TPSA) is 21.3 Å². The second kappa shape index (κ2) is 7.14. The van der Waals surface area contributed by atoms with E-state index in [-0.39, 0.29) is 6.10 Å². The predicted molar refractivity (Wildman–Crippen MR) is 75.7 cm³/mol. The van der Waals surface area contributed by atoms with Gasteiger partial charge in [-0.2, -0.15) is 0 Å². The zero-order valence-electron chi connectivity index (χ0n) is 11.6. The Bertz CT molecular complexity index is 322. The summed E-state index contributed by atoms with van der Waals surface area (Å²) in [6, 6.07) is 2.58. The van der Waals surface area contributed by atoms with Gasteiger partial charge in [0.2, 0.25) is 0 Å². The minimum atomic E-state index is 0.232. The molecule has 0 radical (unpaired) electrons. The molecule has 2 nitrogen and oxygen atoms in total. The summed E-state index contributed by atoms with van der Waals surface area (Å²) in [5.41, 5.74) is 1.36. The van der Waals surface area contributed by atoms with Crippen molar-refractivity contribution in [1.82, 2.24) is 5.32 Å². The lowest BCUT2D eigenvalue weighted by Gasteiger charge is -2.29. The molecular formula is C14H25NOS. The Morgan fingerprint density at radius 1 is 1.41 bits per heavy atom. The van der Waals surface area contributed by atoms with Crippen molar-refractivity contribution < 1.29 is 4.74 Å². The molecule has 3 heteroatoms. The van der Waals surface area contributed by atoms with Crippen LogP contribution in [0.4, 0.5) is 0 Å². The highest BCUT2D eigenvalue weighted by atomic mass is 32.1. The number of hydrogen-bond acceptors (Lipinski definition) is 3. The van der Waals surface area contributed by atoms with Crippen molar-refractivity contribution in [3.8, 4) is 0 Å². The van der Waals surface area contributed by atoms with Crippen LogP contribution < -0.4 is 5.32 Å². The monoisotopic (exact) mass is 255 g/mol. The van der Waals surface area contributed by atoms with Crippen LogP contribution >= 0.6 is 11.3 Å². The van der Waals surface area contributed by atoms with Gasteiger partial charge < -0.3 is 10.1 Å². The molecule has 0 bridgehead atoms. The number of rotatable bonds is 7. The fourth-order valence-electron chi connectivity index (χ4n) is 2.14. The van der Waals surface area contributed by atoms with Gasteiger partial charge in [0, 0.05) is 12.0 Å². The minimum Gasteiger partial charge on any atom is -0.379 e. The Kier molecular flexibility index (Phi) is 6.17. The number of nitrogens with one attached hydrogen (secondary N) is 1.